The van der Waals surface area contributed by atoms with Gasteiger partial charge in [0.1, 0.15) is 5.58 Å². The van der Waals surface area contributed by atoms with E-state index in [-0.39, 0.29) is 6.42 Å². The lowest BCUT2D eigenvalue weighted by atomic mass is 10.1. The van der Waals surface area contributed by atoms with Gasteiger partial charge >= 0.3 is 5.97 Å². The molecular weight excluding hydrogens is 360 g/mol. The molecule has 7 nitrogen and oxygen atoms in total. The molecule has 0 atom stereocenters. The third kappa shape index (κ3) is 4.76. The van der Waals surface area contributed by atoms with Gasteiger partial charge in [0.25, 0.3) is 11.8 Å². The Balaban J connectivity index is 1.46. The molecule has 1 aromatic heterocycles. The Kier molecular flexibility index (Phi) is 6.06. The molecule has 0 unspecified atom stereocenters. The van der Waals surface area contributed by atoms with Gasteiger partial charge in [0.15, 0.2) is 6.61 Å². The average Bonchev–Trinajstić information content (AvgIpc) is 3.12. The second kappa shape index (κ2) is 8.85. The van der Waals surface area contributed by atoms with E-state index >= 15 is 0 Å². The van der Waals surface area contributed by atoms with E-state index in [0.29, 0.717) is 16.7 Å². The maximum absolute atomic E-state index is 12.0. The lowest BCUT2D eigenvalue weighted by Gasteiger charge is -2.08. The van der Waals surface area contributed by atoms with E-state index in [1.54, 1.807) is 30.3 Å². The summed E-state index contributed by atoms with van der Waals surface area (Å²) in [6, 6.07) is 14.2. The van der Waals surface area contributed by atoms with Gasteiger partial charge < -0.3 is 9.15 Å². The zero-order chi connectivity index (χ0) is 19.9. The van der Waals surface area contributed by atoms with Gasteiger partial charge in [-0.25, -0.2) is 0 Å². The molecule has 2 aromatic carbocycles. The second-order valence-electron chi connectivity index (χ2n) is 6.15. The molecule has 28 heavy (non-hydrogen) atoms. The Bertz CT molecular complexity index is 994. The SMILES string of the molecule is CCc1ccc2c(CC(=O)OCC(=O)NNC(=O)c3ccccc3)coc2c1. The first-order valence-electron chi connectivity index (χ1n) is 8.85. The Morgan fingerprint density at radius 1 is 1.04 bits per heavy atom. The third-order valence-corrected chi connectivity index (χ3v) is 4.18. The number of amides is 2. The first-order chi connectivity index (χ1) is 13.6. The van der Waals surface area contributed by atoms with Crippen LogP contribution in [0.4, 0.5) is 0 Å². The molecule has 3 aromatic rings. The first-order valence-corrected chi connectivity index (χ1v) is 8.85. The molecule has 0 fully saturated rings. The Morgan fingerprint density at radius 2 is 1.82 bits per heavy atom. The van der Waals surface area contributed by atoms with Crippen molar-refractivity contribution < 1.29 is 23.5 Å². The molecule has 0 bridgehead atoms. The molecule has 0 aliphatic heterocycles. The number of carbonyl (C=O) groups is 3. The number of furan rings is 1. The fourth-order valence-electron chi connectivity index (χ4n) is 2.66. The molecule has 7 heteroatoms. The summed E-state index contributed by atoms with van der Waals surface area (Å²) in [5, 5.41) is 0.841. The molecule has 2 amide bonds. The summed E-state index contributed by atoms with van der Waals surface area (Å²) in [5.74, 6) is -1.66. The van der Waals surface area contributed by atoms with Crippen molar-refractivity contribution >= 4 is 28.8 Å². The van der Waals surface area contributed by atoms with E-state index in [4.69, 9.17) is 9.15 Å². The maximum Gasteiger partial charge on any atom is 0.310 e. The fraction of sp³-hybridized carbons (Fsp3) is 0.190. The highest BCUT2D eigenvalue weighted by molar-refractivity contribution is 5.95. The lowest BCUT2D eigenvalue weighted by Crippen LogP contribution is -2.43. The quantitative estimate of drug-likeness (QED) is 0.506. The van der Waals surface area contributed by atoms with E-state index in [0.717, 1.165) is 17.4 Å². The second-order valence-corrected chi connectivity index (χ2v) is 6.15. The van der Waals surface area contributed by atoms with Crippen molar-refractivity contribution in [3.8, 4) is 0 Å². The van der Waals surface area contributed by atoms with Crippen molar-refractivity contribution in [1.29, 1.82) is 0 Å². The monoisotopic (exact) mass is 380 g/mol. The van der Waals surface area contributed by atoms with Crippen molar-refractivity contribution in [1.82, 2.24) is 10.9 Å². The highest BCUT2D eigenvalue weighted by Gasteiger charge is 2.14. The van der Waals surface area contributed by atoms with Crippen LogP contribution in [0, 0.1) is 0 Å². The standard InChI is InChI=1S/C21H20N2O5/c1-2-14-8-9-17-16(12-27-18(17)10-14)11-20(25)28-13-19(24)22-23-21(26)15-6-4-3-5-7-15/h3-10,12H,2,11,13H2,1H3,(H,22,24)(H,23,26). The zero-order valence-corrected chi connectivity index (χ0v) is 15.4. The number of hydrogen-bond acceptors (Lipinski definition) is 5. The summed E-state index contributed by atoms with van der Waals surface area (Å²) < 4.78 is 10.5. The first kappa shape index (κ1) is 19.2. The Morgan fingerprint density at radius 3 is 2.57 bits per heavy atom. The molecule has 1 heterocycles. The third-order valence-electron chi connectivity index (χ3n) is 4.18. The van der Waals surface area contributed by atoms with E-state index < -0.39 is 24.4 Å². The van der Waals surface area contributed by atoms with Crippen LogP contribution in [0.15, 0.2) is 59.2 Å². The minimum atomic E-state index is -0.637. The highest BCUT2D eigenvalue weighted by atomic mass is 16.5. The minimum Gasteiger partial charge on any atom is -0.464 e. The highest BCUT2D eigenvalue weighted by Crippen LogP contribution is 2.23. The number of ether oxygens (including phenoxy) is 1. The molecule has 0 aliphatic carbocycles. The van der Waals surface area contributed by atoms with Crippen molar-refractivity contribution in [2.75, 3.05) is 6.61 Å². The number of aryl methyl sites for hydroxylation is 1. The molecule has 0 saturated heterocycles. The zero-order valence-electron chi connectivity index (χ0n) is 15.4. The van der Waals surface area contributed by atoms with Gasteiger partial charge in [0, 0.05) is 16.5 Å². The van der Waals surface area contributed by atoms with Gasteiger partial charge in [-0.3, -0.25) is 25.2 Å². The van der Waals surface area contributed by atoms with Crippen LogP contribution in [0.2, 0.25) is 0 Å². The summed E-state index contributed by atoms with van der Waals surface area (Å²) in [7, 11) is 0. The number of hydrogen-bond donors (Lipinski definition) is 2. The summed E-state index contributed by atoms with van der Waals surface area (Å²) in [6.07, 6.45) is 2.40. The van der Waals surface area contributed by atoms with Crippen molar-refractivity contribution in [2.24, 2.45) is 0 Å². The van der Waals surface area contributed by atoms with Crippen LogP contribution >= 0.6 is 0 Å². The summed E-state index contributed by atoms with van der Waals surface area (Å²) >= 11 is 0. The van der Waals surface area contributed by atoms with Gasteiger partial charge in [0.05, 0.1) is 12.7 Å². The molecule has 0 saturated carbocycles. The number of nitrogens with one attached hydrogen (secondary N) is 2. The molecule has 0 radical (unpaired) electrons. The van der Waals surface area contributed by atoms with E-state index in [1.165, 1.54) is 6.26 Å². The van der Waals surface area contributed by atoms with Crippen LogP contribution in [-0.4, -0.2) is 24.4 Å². The number of carbonyl (C=O) groups excluding carboxylic acids is 3. The topological polar surface area (TPSA) is 97.6 Å². The van der Waals surface area contributed by atoms with Crippen LogP contribution in [0.3, 0.4) is 0 Å². The molecular formula is C21H20N2O5. The number of esters is 1. The normalized spacial score (nSPS) is 10.5. The predicted molar refractivity (Wildman–Crippen MR) is 102 cm³/mol. The minimum absolute atomic E-state index is 0.0118. The predicted octanol–water partition coefficient (Wildman–Crippen LogP) is 2.54. The number of rotatable bonds is 6. The van der Waals surface area contributed by atoms with Crippen molar-refractivity contribution in [3.05, 3.63) is 71.5 Å². The van der Waals surface area contributed by atoms with Crippen LogP contribution in [0.5, 0.6) is 0 Å². The van der Waals surface area contributed by atoms with Gasteiger partial charge in [-0.2, -0.15) is 0 Å². The maximum atomic E-state index is 12.0. The largest absolute Gasteiger partial charge is 0.464 e. The van der Waals surface area contributed by atoms with Crippen LogP contribution in [0.1, 0.15) is 28.4 Å². The number of benzene rings is 2. The molecule has 0 aliphatic rings. The van der Waals surface area contributed by atoms with Gasteiger partial charge in [-0.1, -0.05) is 37.3 Å². The molecule has 3 rings (SSSR count). The lowest BCUT2D eigenvalue weighted by molar-refractivity contribution is -0.148. The molecule has 0 spiro atoms. The number of fused-ring (bicyclic) bond motifs is 1. The van der Waals surface area contributed by atoms with Crippen LogP contribution < -0.4 is 10.9 Å². The van der Waals surface area contributed by atoms with Crippen molar-refractivity contribution in [3.63, 3.8) is 0 Å². The fourth-order valence-corrected chi connectivity index (χ4v) is 2.66. The summed E-state index contributed by atoms with van der Waals surface area (Å²) in [5.41, 5.74) is 7.41. The molecule has 144 valence electrons. The van der Waals surface area contributed by atoms with Gasteiger partial charge in [0.2, 0.25) is 0 Å². The number of hydrazine groups is 1. The molecule has 2 N–H and O–H groups in total. The van der Waals surface area contributed by atoms with Gasteiger partial charge in [-0.15, -0.1) is 0 Å². The Labute approximate surface area is 161 Å². The van der Waals surface area contributed by atoms with E-state index in [2.05, 4.69) is 17.8 Å². The van der Waals surface area contributed by atoms with E-state index in [1.807, 2.05) is 18.2 Å². The smallest absolute Gasteiger partial charge is 0.310 e. The van der Waals surface area contributed by atoms with Crippen LogP contribution in [0.25, 0.3) is 11.0 Å². The van der Waals surface area contributed by atoms with Crippen molar-refractivity contribution in [2.45, 2.75) is 19.8 Å². The summed E-state index contributed by atoms with van der Waals surface area (Å²) in [6.45, 7) is 1.55. The average molecular weight is 380 g/mol. The van der Waals surface area contributed by atoms with E-state index in [9.17, 15) is 14.4 Å². The Hall–Kier alpha value is -3.61. The summed E-state index contributed by atoms with van der Waals surface area (Å²) in [4.78, 5) is 35.6. The van der Waals surface area contributed by atoms with Crippen LogP contribution in [-0.2, 0) is 27.2 Å². The van der Waals surface area contributed by atoms with Gasteiger partial charge in [-0.05, 0) is 30.2 Å².